The normalized spacial score (nSPS) is 17.6. The van der Waals surface area contributed by atoms with Crippen LogP contribution < -0.4 is 0 Å². The molecule has 0 nitrogen and oxygen atoms in total. The van der Waals surface area contributed by atoms with Gasteiger partial charge in [0.15, 0.2) is 11.6 Å². The van der Waals surface area contributed by atoms with E-state index < -0.39 is 11.6 Å². The van der Waals surface area contributed by atoms with Gasteiger partial charge in [-0.3, -0.25) is 0 Å². The summed E-state index contributed by atoms with van der Waals surface area (Å²) in [5, 5.41) is 0. The first-order chi connectivity index (χ1) is 9.58. The molecule has 2 aromatic rings. The van der Waals surface area contributed by atoms with Crippen LogP contribution in [0.2, 0.25) is 0 Å². The highest BCUT2D eigenvalue weighted by molar-refractivity contribution is 7.98. The third-order valence-electron chi connectivity index (χ3n) is 3.82. The highest BCUT2D eigenvalue weighted by Gasteiger charge is 2.27. The maximum absolute atomic E-state index is 13.7. The minimum absolute atomic E-state index is 0.117. The standard InChI is InChI=1S/C17H16F2S/c1-10(2)17-12-5-3-4-6-16(12)20-9-11-7-14(18)15(19)8-13(11)17/h3-8,10,17H,9H2,1-2H3. The van der Waals surface area contributed by atoms with Crippen LogP contribution in [0.4, 0.5) is 8.78 Å². The molecule has 1 aliphatic rings. The highest BCUT2D eigenvalue weighted by atomic mass is 32.2. The number of thioether (sulfide) groups is 1. The van der Waals surface area contributed by atoms with Crippen LogP contribution in [0.15, 0.2) is 41.3 Å². The third-order valence-corrected chi connectivity index (χ3v) is 4.96. The van der Waals surface area contributed by atoms with E-state index >= 15 is 0 Å². The molecule has 1 unspecified atom stereocenters. The molecule has 104 valence electrons. The number of hydrogen-bond donors (Lipinski definition) is 0. The van der Waals surface area contributed by atoms with Gasteiger partial charge in [0.2, 0.25) is 0 Å². The Bertz CT molecular complexity index is 649. The fourth-order valence-corrected chi connectivity index (χ4v) is 4.03. The molecule has 20 heavy (non-hydrogen) atoms. The van der Waals surface area contributed by atoms with E-state index in [1.165, 1.54) is 22.6 Å². The predicted molar refractivity (Wildman–Crippen MR) is 79.0 cm³/mol. The van der Waals surface area contributed by atoms with Crippen molar-refractivity contribution in [3.8, 4) is 0 Å². The number of fused-ring (bicyclic) bond motifs is 2. The molecule has 2 aromatic carbocycles. The summed E-state index contributed by atoms with van der Waals surface area (Å²) in [6.07, 6.45) is 0. The Hall–Kier alpha value is -1.35. The van der Waals surface area contributed by atoms with Gasteiger partial charge < -0.3 is 0 Å². The summed E-state index contributed by atoms with van der Waals surface area (Å²) in [4.78, 5) is 1.21. The van der Waals surface area contributed by atoms with Gasteiger partial charge in [0.25, 0.3) is 0 Å². The van der Waals surface area contributed by atoms with Gasteiger partial charge in [-0.2, -0.15) is 0 Å². The molecule has 0 radical (unpaired) electrons. The lowest BCUT2D eigenvalue weighted by Gasteiger charge is -2.23. The summed E-state index contributed by atoms with van der Waals surface area (Å²) < 4.78 is 27.2. The van der Waals surface area contributed by atoms with Gasteiger partial charge in [-0.25, -0.2) is 8.78 Å². The van der Waals surface area contributed by atoms with Crippen molar-refractivity contribution >= 4 is 11.8 Å². The summed E-state index contributed by atoms with van der Waals surface area (Å²) >= 11 is 1.70. The van der Waals surface area contributed by atoms with Crippen LogP contribution in [0.1, 0.15) is 36.5 Å². The quantitative estimate of drug-likeness (QED) is 0.681. The van der Waals surface area contributed by atoms with Gasteiger partial charge in [-0.1, -0.05) is 32.0 Å². The summed E-state index contributed by atoms with van der Waals surface area (Å²) in [7, 11) is 0. The third kappa shape index (κ3) is 2.24. The predicted octanol–water partition coefficient (Wildman–Crippen LogP) is 5.36. The van der Waals surface area contributed by atoms with Crippen molar-refractivity contribution in [1.82, 2.24) is 0 Å². The van der Waals surface area contributed by atoms with E-state index in [4.69, 9.17) is 0 Å². The molecular weight excluding hydrogens is 274 g/mol. The van der Waals surface area contributed by atoms with Crippen LogP contribution in [-0.2, 0) is 5.75 Å². The Kier molecular flexibility index (Phi) is 3.55. The van der Waals surface area contributed by atoms with Gasteiger partial charge in [0, 0.05) is 16.6 Å². The first kappa shape index (κ1) is 13.6. The van der Waals surface area contributed by atoms with E-state index in [0.29, 0.717) is 11.7 Å². The maximum Gasteiger partial charge on any atom is 0.159 e. The lowest BCUT2D eigenvalue weighted by Crippen LogP contribution is -2.11. The molecule has 0 bridgehead atoms. The van der Waals surface area contributed by atoms with Crippen LogP contribution in [0.5, 0.6) is 0 Å². The van der Waals surface area contributed by atoms with Crippen molar-refractivity contribution in [3.05, 3.63) is 64.7 Å². The van der Waals surface area contributed by atoms with Crippen LogP contribution in [0, 0.1) is 17.6 Å². The molecule has 0 spiro atoms. The largest absolute Gasteiger partial charge is 0.204 e. The van der Waals surface area contributed by atoms with Crippen LogP contribution in [0.25, 0.3) is 0 Å². The Morgan fingerprint density at radius 1 is 1.05 bits per heavy atom. The minimum Gasteiger partial charge on any atom is -0.204 e. The second kappa shape index (κ2) is 5.21. The lowest BCUT2D eigenvalue weighted by atomic mass is 9.81. The number of rotatable bonds is 1. The van der Waals surface area contributed by atoms with Crippen LogP contribution >= 0.6 is 11.8 Å². The zero-order chi connectivity index (χ0) is 14.3. The second-order valence-electron chi connectivity index (χ2n) is 5.51. The van der Waals surface area contributed by atoms with E-state index in [2.05, 4.69) is 26.0 Å². The first-order valence-corrected chi connectivity index (χ1v) is 7.76. The second-order valence-corrected chi connectivity index (χ2v) is 6.53. The molecule has 0 aromatic heterocycles. The van der Waals surface area contributed by atoms with Gasteiger partial charge in [-0.05, 0) is 40.8 Å². The van der Waals surface area contributed by atoms with E-state index in [9.17, 15) is 8.78 Å². The molecule has 0 aliphatic carbocycles. The number of hydrogen-bond acceptors (Lipinski definition) is 1. The smallest absolute Gasteiger partial charge is 0.159 e. The molecule has 1 aliphatic heterocycles. The summed E-state index contributed by atoms with van der Waals surface area (Å²) in [6, 6.07) is 11.0. The topological polar surface area (TPSA) is 0 Å². The molecule has 0 amide bonds. The molecule has 3 heteroatoms. The SMILES string of the molecule is CC(C)C1c2cc(F)c(F)cc2CSc2ccccc21. The first-order valence-electron chi connectivity index (χ1n) is 6.77. The zero-order valence-electron chi connectivity index (χ0n) is 11.5. The minimum atomic E-state index is -0.752. The molecule has 0 saturated heterocycles. The van der Waals surface area contributed by atoms with Crippen molar-refractivity contribution < 1.29 is 8.78 Å². The molecule has 0 saturated carbocycles. The molecule has 1 heterocycles. The van der Waals surface area contributed by atoms with Gasteiger partial charge >= 0.3 is 0 Å². The van der Waals surface area contributed by atoms with Crippen molar-refractivity contribution in [1.29, 1.82) is 0 Å². The number of benzene rings is 2. The Morgan fingerprint density at radius 2 is 1.75 bits per heavy atom. The zero-order valence-corrected chi connectivity index (χ0v) is 12.3. The van der Waals surface area contributed by atoms with Crippen molar-refractivity contribution in [2.24, 2.45) is 5.92 Å². The van der Waals surface area contributed by atoms with Crippen molar-refractivity contribution in [2.75, 3.05) is 0 Å². The monoisotopic (exact) mass is 290 g/mol. The van der Waals surface area contributed by atoms with Crippen LogP contribution in [-0.4, -0.2) is 0 Å². The van der Waals surface area contributed by atoms with Gasteiger partial charge in [0.05, 0.1) is 0 Å². The van der Waals surface area contributed by atoms with E-state index in [-0.39, 0.29) is 5.92 Å². The maximum atomic E-state index is 13.7. The highest BCUT2D eigenvalue weighted by Crippen LogP contribution is 2.44. The van der Waals surface area contributed by atoms with E-state index in [1.54, 1.807) is 11.8 Å². The van der Waals surface area contributed by atoms with Crippen molar-refractivity contribution in [2.45, 2.75) is 30.4 Å². The van der Waals surface area contributed by atoms with Gasteiger partial charge in [-0.15, -0.1) is 11.8 Å². The summed E-state index contributed by atoms with van der Waals surface area (Å²) in [5.41, 5.74) is 3.05. The average molecular weight is 290 g/mol. The number of halogens is 2. The lowest BCUT2D eigenvalue weighted by molar-refractivity contribution is 0.498. The Labute approximate surface area is 122 Å². The molecular formula is C17H16F2S. The molecule has 0 N–H and O–H groups in total. The fourth-order valence-electron chi connectivity index (χ4n) is 2.93. The van der Waals surface area contributed by atoms with Crippen molar-refractivity contribution in [3.63, 3.8) is 0 Å². The van der Waals surface area contributed by atoms with Gasteiger partial charge in [0.1, 0.15) is 0 Å². The molecule has 1 atom stereocenters. The molecule has 0 fully saturated rings. The summed E-state index contributed by atoms with van der Waals surface area (Å²) in [5.74, 6) is -0.367. The fraction of sp³-hybridized carbons (Fsp3) is 0.294. The Balaban J connectivity index is 2.24. The van der Waals surface area contributed by atoms with E-state index in [0.717, 1.165) is 11.1 Å². The Morgan fingerprint density at radius 3 is 2.50 bits per heavy atom. The molecule has 3 rings (SSSR count). The van der Waals surface area contributed by atoms with E-state index in [1.807, 2.05) is 12.1 Å². The average Bonchev–Trinajstić information content (AvgIpc) is 2.56. The van der Waals surface area contributed by atoms with Crippen LogP contribution in [0.3, 0.4) is 0 Å². The summed E-state index contributed by atoms with van der Waals surface area (Å²) in [6.45, 7) is 4.25.